The average molecular weight is 343 g/mol. The summed E-state index contributed by atoms with van der Waals surface area (Å²) in [6.45, 7) is 1.66. The Kier molecular flexibility index (Phi) is 3.82. The molecule has 4 rings (SSSR count). The van der Waals surface area contributed by atoms with E-state index in [4.69, 9.17) is 4.74 Å². The summed E-state index contributed by atoms with van der Waals surface area (Å²) in [5.74, 6) is 0.921. The number of ether oxygens (including phenoxy) is 1. The molecule has 2 aromatic heterocycles. The monoisotopic (exact) mass is 343 g/mol. The molecule has 2 amide bonds. The number of aryl methyl sites for hydroxylation is 2. The van der Waals surface area contributed by atoms with Crippen LogP contribution in [0.25, 0.3) is 11.2 Å². The quantitative estimate of drug-likeness (QED) is 0.898. The Bertz CT molecular complexity index is 833. The number of nitrogens with one attached hydrogen (secondary N) is 1. The van der Waals surface area contributed by atoms with Gasteiger partial charge >= 0.3 is 6.09 Å². The minimum Gasteiger partial charge on any atom is -0.439 e. The van der Waals surface area contributed by atoms with Crippen LogP contribution in [0.5, 0.6) is 0 Å². The summed E-state index contributed by atoms with van der Waals surface area (Å²) >= 11 is 0. The van der Waals surface area contributed by atoms with Crippen molar-refractivity contribution in [3.05, 3.63) is 24.2 Å². The summed E-state index contributed by atoms with van der Waals surface area (Å²) in [7, 11) is 1.92. The molecule has 132 valence electrons. The number of likely N-dealkylation sites (tertiary alicyclic amines) is 1. The maximum absolute atomic E-state index is 12.6. The maximum Gasteiger partial charge on any atom is 0.407 e. The minimum atomic E-state index is -0.549. The van der Waals surface area contributed by atoms with Crippen LogP contribution < -0.4 is 5.32 Å². The van der Waals surface area contributed by atoms with E-state index in [1.807, 2.05) is 28.6 Å². The molecule has 25 heavy (non-hydrogen) atoms. The fourth-order valence-electron chi connectivity index (χ4n) is 3.71. The Morgan fingerprint density at radius 3 is 3.12 bits per heavy atom. The van der Waals surface area contributed by atoms with Crippen molar-refractivity contribution in [2.75, 3.05) is 19.6 Å². The molecule has 2 aromatic rings. The number of nitrogens with zero attached hydrogens (tertiary/aromatic N) is 4. The highest BCUT2D eigenvalue weighted by Crippen LogP contribution is 2.28. The van der Waals surface area contributed by atoms with Gasteiger partial charge in [0.2, 0.25) is 5.91 Å². The maximum atomic E-state index is 12.6. The molecule has 2 saturated heterocycles. The Labute approximate surface area is 145 Å². The molecule has 0 radical (unpaired) electrons. The molecule has 1 atom stereocenters. The van der Waals surface area contributed by atoms with Crippen molar-refractivity contribution in [3.63, 3.8) is 0 Å². The van der Waals surface area contributed by atoms with E-state index in [-0.39, 0.29) is 12.0 Å². The SMILES string of the molecule is Cn1c(CCC(=O)N2CCC[C@]3(CNC(=O)O3)C2)nc2cccnc21. The third-order valence-corrected chi connectivity index (χ3v) is 5.04. The van der Waals surface area contributed by atoms with Gasteiger partial charge in [0.15, 0.2) is 5.65 Å². The third-order valence-electron chi connectivity index (χ3n) is 5.04. The zero-order valence-electron chi connectivity index (χ0n) is 14.2. The van der Waals surface area contributed by atoms with Crippen molar-refractivity contribution in [3.8, 4) is 0 Å². The van der Waals surface area contributed by atoms with Gasteiger partial charge in [0.1, 0.15) is 16.9 Å². The number of imidazole rings is 1. The Hall–Kier alpha value is -2.64. The zero-order valence-corrected chi connectivity index (χ0v) is 14.2. The van der Waals surface area contributed by atoms with Crippen molar-refractivity contribution >= 4 is 23.2 Å². The van der Waals surface area contributed by atoms with Crippen LogP contribution in [0.15, 0.2) is 18.3 Å². The van der Waals surface area contributed by atoms with Crippen LogP contribution in [0, 0.1) is 0 Å². The number of hydrogen-bond donors (Lipinski definition) is 1. The predicted molar refractivity (Wildman–Crippen MR) is 89.9 cm³/mol. The largest absolute Gasteiger partial charge is 0.439 e. The molecule has 0 unspecified atom stereocenters. The number of rotatable bonds is 3. The molecule has 0 bridgehead atoms. The van der Waals surface area contributed by atoms with E-state index in [2.05, 4.69) is 15.3 Å². The van der Waals surface area contributed by atoms with Gasteiger partial charge in [-0.05, 0) is 25.0 Å². The fraction of sp³-hybridized carbons (Fsp3) is 0.529. The molecule has 4 heterocycles. The first-order chi connectivity index (χ1) is 12.1. The van der Waals surface area contributed by atoms with E-state index in [1.54, 1.807) is 6.20 Å². The lowest BCUT2D eigenvalue weighted by Crippen LogP contribution is -2.52. The van der Waals surface area contributed by atoms with Crippen LogP contribution in [0.4, 0.5) is 4.79 Å². The van der Waals surface area contributed by atoms with Gasteiger partial charge in [-0.1, -0.05) is 0 Å². The third kappa shape index (κ3) is 2.92. The van der Waals surface area contributed by atoms with Crippen LogP contribution in [0.2, 0.25) is 0 Å². The number of carbonyl (C=O) groups excluding carboxylic acids is 2. The molecule has 8 heteroatoms. The van der Waals surface area contributed by atoms with Gasteiger partial charge in [-0.3, -0.25) is 4.79 Å². The number of piperidine rings is 1. The number of fused-ring (bicyclic) bond motifs is 1. The summed E-state index contributed by atoms with van der Waals surface area (Å²) in [6.07, 6.45) is 3.94. The van der Waals surface area contributed by atoms with E-state index < -0.39 is 5.60 Å². The molecule has 1 spiro atoms. The van der Waals surface area contributed by atoms with Gasteiger partial charge in [0, 0.05) is 32.6 Å². The summed E-state index contributed by atoms with van der Waals surface area (Å²) in [5.41, 5.74) is 1.12. The summed E-state index contributed by atoms with van der Waals surface area (Å²) < 4.78 is 7.36. The Morgan fingerprint density at radius 1 is 1.48 bits per heavy atom. The number of pyridine rings is 1. The molecule has 2 aliphatic rings. The highest BCUT2D eigenvalue weighted by Gasteiger charge is 2.44. The first-order valence-corrected chi connectivity index (χ1v) is 8.57. The van der Waals surface area contributed by atoms with Crippen LogP contribution in [0.3, 0.4) is 0 Å². The van der Waals surface area contributed by atoms with E-state index in [0.29, 0.717) is 32.5 Å². The van der Waals surface area contributed by atoms with Crippen molar-refractivity contribution < 1.29 is 14.3 Å². The normalized spacial score (nSPS) is 23.1. The highest BCUT2D eigenvalue weighted by molar-refractivity contribution is 5.77. The second-order valence-corrected chi connectivity index (χ2v) is 6.78. The molecule has 0 aliphatic carbocycles. The van der Waals surface area contributed by atoms with Gasteiger partial charge in [0.05, 0.1) is 13.1 Å². The van der Waals surface area contributed by atoms with Gasteiger partial charge in [0.25, 0.3) is 0 Å². The summed E-state index contributed by atoms with van der Waals surface area (Å²) in [5, 5.41) is 2.70. The topological polar surface area (TPSA) is 89.4 Å². The van der Waals surface area contributed by atoms with Crippen molar-refractivity contribution in [2.45, 2.75) is 31.3 Å². The first-order valence-electron chi connectivity index (χ1n) is 8.57. The van der Waals surface area contributed by atoms with Crippen LogP contribution in [-0.4, -0.2) is 56.7 Å². The van der Waals surface area contributed by atoms with Gasteiger partial charge in [-0.2, -0.15) is 0 Å². The summed E-state index contributed by atoms with van der Waals surface area (Å²) in [4.78, 5) is 34.7. The second-order valence-electron chi connectivity index (χ2n) is 6.78. The fourth-order valence-corrected chi connectivity index (χ4v) is 3.71. The molecule has 0 saturated carbocycles. The van der Waals surface area contributed by atoms with Gasteiger partial charge in [-0.25, -0.2) is 14.8 Å². The summed E-state index contributed by atoms with van der Waals surface area (Å²) in [6, 6.07) is 3.78. The standard InChI is InChI=1S/C17H21N5O3/c1-21-13(20-12-4-2-8-18-15(12)21)5-6-14(23)22-9-3-7-17(11-22)10-19-16(24)25-17/h2,4,8H,3,5-7,9-11H2,1H3,(H,19,24)/t17-/m0/s1. The molecule has 2 fully saturated rings. The second kappa shape index (κ2) is 6.02. The molecule has 2 aliphatic heterocycles. The lowest BCUT2D eigenvalue weighted by molar-refractivity contribution is -0.136. The molecular formula is C17H21N5O3. The van der Waals surface area contributed by atoms with E-state index in [0.717, 1.165) is 29.8 Å². The molecule has 0 aromatic carbocycles. The van der Waals surface area contributed by atoms with E-state index in [1.165, 1.54) is 0 Å². The predicted octanol–water partition coefficient (Wildman–Crippen LogP) is 1.00. The first kappa shape index (κ1) is 15.9. The number of hydrogen-bond acceptors (Lipinski definition) is 5. The van der Waals surface area contributed by atoms with Crippen LogP contribution in [0.1, 0.15) is 25.1 Å². The van der Waals surface area contributed by atoms with Gasteiger partial charge < -0.3 is 19.5 Å². The van der Waals surface area contributed by atoms with Crippen LogP contribution in [-0.2, 0) is 23.0 Å². The number of carbonyl (C=O) groups is 2. The number of aromatic nitrogens is 3. The molecule has 8 nitrogen and oxygen atoms in total. The Morgan fingerprint density at radius 2 is 2.36 bits per heavy atom. The van der Waals surface area contributed by atoms with Gasteiger partial charge in [-0.15, -0.1) is 0 Å². The van der Waals surface area contributed by atoms with Crippen molar-refractivity contribution in [1.82, 2.24) is 24.8 Å². The molecule has 1 N–H and O–H groups in total. The lowest BCUT2D eigenvalue weighted by atomic mass is 9.93. The van der Waals surface area contributed by atoms with Crippen molar-refractivity contribution in [1.29, 1.82) is 0 Å². The van der Waals surface area contributed by atoms with E-state index >= 15 is 0 Å². The average Bonchev–Trinajstić information content (AvgIpc) is 3.13. The zero-order chi connectivity index (χ0) is 17.4. The van der Waals surface area contributed by atoms with Crippen LogP contribution >= 0.6 is 0 Å². The Balaban J connectivity index is 1.41. The smallest absolute Gasteiger partial charge is 0.407 e. The van der Waals surface area contributed by atoms with Crippen molar-refractivity contribution in [2.24, 2.45) is 7.05 Å². The highest BCUT2D eigenvalue weighted by atomic mass is 16.6. The number of amides is 2. The minimum absolute atomic E-state index is 0.0713. The molecular weight excluding hydrogens is 322 g/mol. The number of alkyl carbamates (subject to hydrolysis) is 1. The lowest BCUT2D eigenvalue weighted by Gasteiger charge is -2.38. The van der Waals surface area contributed by atoms with E-state index in [9.17, 15) is 9.59 Å².